The minimum atomic E-state index is 0.495. The maximum Gasteiger partial charge on any atom is 0.229 e. The first-order valence-electron chi connectivity index (χ1n) is 8.13. The second-order valence-electron chi connectivity index (χ2n) is 5.58. The van der Waals surface area contributed by atoms with E-state index in [1.807, 2.05) is 30.5 Å². The highest BCUT2D eigenvalue weighted by atomic mass is 79.9. The molecule has 0 saturated carbocycles. The first kappa shape index (κ1) is 17.1. The zero-order chi connectivity index (χ0) is 18.5. The van der Waals surface area contributed by atoms with Crippen molar-refractivity contribution in [3.05, 3.63) is 53.2 Å². The molecule has 0 fully saturated rings. The minimum Gasteiger partial charge on any atom is -0.369 e. The van der Waals surface area contributed by atoms with E-state index in [1.165, 1.54) is 0 Å². The van der Waals surface area contributed by atoms with Gasteiger partial charge in [0.25, 0.3) is 0 Å². The van der Waals surface area contributed by atoms with E-state index in [0.717, 1.165) is 27.8 Å². The van der Waals surface area contributed by atoms with Gasteiger partial charge in [0, 0.05) is 36.6 Å². The molecule has 3 aromatic heterocycles. The second kappa shape index (κ2) is 7.91. The van der Waals surface area contributed by atoms with Gasteiger partial charge in [-0.05, 0) is 50.6 Å². The van der Waals surface area contributed by atoms with Gasteiger partial charge in [0.1, 0.15) is 5.82 Å². The number of benzene rings is 1. The van der Waals surface area contributed by atoms with Crippen LogP contribution >= 0.6 is 15.9 Å². The number of hydrogen-bond donors (Lipinski definition) is 4. The Bertz CT molecular complexity index is 983. The summed E-state index contributed by atoms with van der Waals surface area (Å²) in [6.07, 6.45) is 6.05. The maximum absolute atomic E-state index is 4.51. The summed E-state index contributed by atoms with van der Waals surface area (Å²) in [6, 6.07) is 7.64. The summed E-state index contributed by atoms with van der Waals surface area (Å²) in [6.45, 7) is 0.708. The lowest BCUT2D eigenvalue weighted by molar-refractivity contribution is 0.881. The lowest BCUT2D eigenvalue weighted by atomic mass is 10.2. The summed E-state index contributed by atoms with van der Waals surface area (Å²) in [5.74, 6) is 1.83. The smallest absolute Gasteiger partial charge is 0.229 e. The number of rotatable bonds is 7. The third-order valence-corrected chi connectivity index (χ3v) is 4.31. The Morgan fingerprint density at radius 3 is 2.74 bits per heavy atom. The summed E-state index contributed by atoms with van der Waals surface area (Å²) >= 11 is 3.47. The molecule has 0 amide bonds. The van der Waals surface area contributed by atoms with Crippen LogP contribution in [0.5, 0.6) is 0 Å². The Morgan fingerprint density at radius 1 is 1.11 bits per heavy atom. The Morgan fingerprint density at radius 2 is 2.00 bits per heavy atom. The number of H-pyrrole nitrogens is 2. The first-order chi connectivity index (χ1) is 13.3. The number of aromatic amines is 2. The molecule has 136 valence electrons. The summed E-state index contributed by atoms with van der Waals surface area (Å²) in [4.78, 5) is 16.0. The molecule has 0 unspecified atom stereocenters. The van der Waals surface area contributed by atoms with Crippen molar-refractivity contribution in [2.24, 2.45) is 0 Å². The van der Waals surface area contributed by atoms with Crippen LogP contribution < -0.4 is 10.6 Å². The monoisotopic (exact) mass is 426 g/mol. The number of imidazole rings is 1. The lowest BCUT2D eigenvalue weighted by Crippen LogP contribution is -2.09. The fraction of sp³-hybridized carbons (Fsp3) is 0.125. The molecule has 0 spiro atoms. The minimum absolute atomic E-state index is 0.495. The standard InChI is InChI=1S/C16H15BrN10/c17-13-8-20-16(23-15(13)19-6-5-12-7-18-9-21-12)22-11-3-1-10(2-4-11)14-24-26-27-25-14/h1-4,7-9H,5-6H2,(H,18,21)(H2,19,20,22,23)(H,24,25,26,27). The van der Waals surface area contributed by atoms with Gasteiger partial charge in [0.05, 0.1) is 16.5 Å². The normalized spacial score (nSPS) is 10.7. The average molecular weight is 427 g/mol. The van der Waals surface area contributed by atoms with Crippen LogP contribution in [0.1, 0.15) is 5.69 Å². The van der Waals surface area contributed by atoms with Crippen molar-refractivity contribution in [1.82, 2.24) is 40.6 Å². The van der Waals surface area contributed by atoms with Crippen LogP contribution in [0, 0.1) is 0 Å². The highest BCUT2D eigenvalue weighted by Crippen LogP contribution is 2.23. The van der Waals surface area contributed by atoms with Gasteiger partial charge in [0.2, 0.25) is 5.95 Å². The number of halogens is 1. The Kier molecular flexibility index (Phi) is 5.01. The van der Waals surface area contributed by atoms with Gasteiger partial charge in [-0.3, -0.25) is 0 Å². The van der Waals surface area contributed by atoms with Crippen molar-refractivity contribution in [3.8, 4) is 11.4 Å². The van der Waals surface area contributed by atoms with Crippen molar-refractivity contribution in [3.63, 3.8) is 0 Å². The third-order valence-electron chi connectivity index (χ3n) is 3.73. The zero-order valence-electron chi connectivity index (χ0n) is 14.0. The molecule has 0 bridgehead atoms. The molecule has 0 aliphatic rings. The molecule has 1 aromatic carbocycles. The van der Waals surface area contributed by atoms with Gasteiger partial charge in [-0.15, -0.1) is 5.10 Å². The third kappa shape index (κ3) is 4.26. The number of anilines is 3. The van der Waals surface area contributed by atoms with Gasteiger partial charge < -0.3 is 15.6 Å². The van der Waals surface area contributed by atoms with E-state index in [9.17, 15) is 0 Å². The van der Waals surface area contributed by atoms with Crippen LogP contribution in [-0.4, -0.2) is 47.1 Å². The predicted octanol–water partition coefficient (Wildman–Crippen LogP) is 2.54. The fourth-order valence-corrected chi connectivity index (χ4v) is 2.74. The van der Waals surface area contributed by atoms with Gasteiger partial charge in [0.15, 0.2) is 5.82 Å². The van der Waals surface area contributed by atoms with E-state index in [4.69, 9.17) is 0 Å². The summed E-state index contributed by atoms with van der Waals surface area (Å²) in [5.41, 5.74) is 2.74. The second-order valence-corrected chi connectivity index (χ2v) is 6.43. The van der Waals surface area contributed by atoms with Crippen molar-refractivity contribution in [2.45, 2.75) is 6.42 Å². The Labute approximate surface area is 162 Å². The largest absolute Gasteiger partial charge is 0.369 e. The van der Waals surface area contributed by atoms with Gasteiger partial charge in [-0.2, -0.15) is 4.98 Å². The van der Waals surface area contributed by atoms with E-state index >= 15 is 0 Å². The van der Waals surface area contributed by atoms with Crippen LogP contribution in [-0.2, 0) is 6.42 Å². The SMILES string of the molecule is Brc1cnc(Nc2ccc(-c3nnn[nH]3)cc2)nc1NCCc1c[nH]cn1. The van der Waals surface area contributed by atoms with Crippen LogP contribution in [0.15, 0.2) is 47.5 Å². The molecule has 10 nitrogen and oxygen atoms in total. The van der Waals surface area contributed by atoms with E-state index in [-0.39, 0.29) is 0 Å². The maximum atomic E-state index is 4.51. The molecule has 4 aromatic rings. The highest BCUT2D eigenvalue weighted by Gasteiger charge is 2.07. The molecule has 11 heteroatoms. The van der Waals surface area contributed by atoms with Crippen molar-refractivity contribution >= 4 is 33.4 Å². The summed E-state index contributed by atoms with van der Waals surface area (Å²) < 4.78 is 0.795. The van der Waals surface area contributed by atoms with Gasteiger partial charge in [-0.1, -0.05) is 0 Å². The van der Waals surface area contributed by atoms with E-state index < -0.39 is 0 Å². The molecule has 0 radical (unpaired) electrons. The highest BCUT2D eigenvalue weighted by molar-refractivity contribution is 9.10. The van der Waals surface area contributed by atoms with Crippen molar-refractivity contribution in [2.75, 3.05) is 17.2 Å². The molecule has 3 heterocycles. The molecule has 0 aliphatic carbocycles. The summed E-state index contributed by atoms with van der Waals surface area (Å²) in [5, 5.41) is 20.2. The van der Waals surface area contributed by atoms with Crippen LogP contribution in [0.25, 0.3) is 11.4 Å². The van der Waals surface area contributed by atoms with Crippen molar-refractivity contribution in [1.29, 1.82) is 0 Å². The fourth-order valence-electron chi connectivity index (χ4n) is 2.41. The molecule has 0 aliphatic heterocycles. The van der Waals surface area contributed by atoms with E-state index in [1.54, 1.807) is 12.5 Å². The number of nitrogens with zero attached hydrogens (tertiary/aromatic N) is 6. The van der Waals surface area contributed by atoms with Crippen LogP contribution in [0.2, 0.25) is 0 Å². The van der Waals surface area contributed by atoms with Crippen LogP contribution in [0.4, 0.5) is 17.5 Å². The number of nitrogens with one attached hydrogen (secondary N) is 4. The van der Waals surface area contributed by atoms with E-state index in [2.05, 4.69) is 67.1 Å². The summed E-state index contributed by atoms with van der Waals surface area (Å²) in [7, 11) is 0. The predicted molar refractivity (Wildman–Crippen MR) is 103 cm³/mol. The molecule has 4 rings (SSSR count). The molecule has 0 saturated heterocycles. The first-order valence-corrected chi connectivity index (χ1v) is 8.92. The van der Waals surface area contributed by atoms with Gasteiger partial charge in [-0.25, -0.2) is 15.1 Å². The average Bonchev–Trinajstić information content (AvgIpc) is 3.39. The Hall–Kier alpha value is -3.34. The molecular formula is C16H15BrN10. The number of hydrogen-bond acceptors (Lipinski definition) is 8. The molecular weight excluding hydrogens is 412 g/mol. The quantitative estimate of drug-likeness (QED) is 0.354. The number of aromatic nitrogens is 8. The Balaban J connectivity index is 1.41. The van der Waals surface area contributed by atoms with E-state index in [0.29, 0.717) is 24.1 Å². The van der Waals surface area contributed by atoms with Crippen LogP contribution in [0.3, 0.4) is 0 Å². The number of tetrazole rings is 1. The van der Waals surface area contributed by atoms with Gasteiger partial charge >= 0.3 is 0 Å². The topological polar surface area (TPSA) is 133 Å². The molecule has 0 atom stereocenters. The molecule has 4 N–H and O–H groups in total. The molecule has 27 heavy (non-hydrogen) atoms. The lowest BCUT2D eigenvalue weighted by Gasteiger charge is -2.10. The zero-order valence-corrected chi connectivity index (χ0v) is 15.6. The van der Waals surface area contributed by atoms with Crippen molar-refractivity contribution < 1.29 is 0 Å².